The van der Waals surface area contributed by atoms with Crippen LogP contribution >= 0.6 is 15.9 Å². The first-order valence-electron chi connectivity index (χ1n) is 7.40. The molecule has 0 aliphatic carbocycles. The predicted molar refractivity (Wildman–Crippen MR) is 94.1 cm³/mol. The van der Waals surface area contributed by atoms with Gasteiger partial charge in [-0.25, -0.2) is 0 Å². The van der Waals surface area contributed by atoms with Gasteiger partial charge in [-0.15, -0.1) is 10.2 Å². The van der Waals surface area contributed by atoms with E-state index in [2.05, 4.69) is 48.5 Å². The summed E-state index contributed by atoms with van der Waals surface area (Å²) >= 11 is 3.42. The molecule has 0 aliphatic rings. The van der Waals surface area contributed by atoms with Crippen LogP contribution in [0.15, 0.2) is 42.6 Å². The SMILES string of the molecule is CC(C)(C)n1nnc(-c2ccccc2-c2ccc(CBr)nc2)n1. The molecule has 1 aromatic carbocycles. The number of pyridine rings is 1. The zero-order valence-electron chi connectivity index (χ0n) is 13.4. The number of tetrazole rings is 1. The third kappa shape index (κ3) is 3.32. The second-order valence-corrected chi connectivity index (χ2v) is 6.85. The first kappa shape index (κ1) is 15.8. The lowest BCUT2D eigenvalue weighted by Crippen LogP contribution is -2.24. The summed E-state index contributed by atoms with van der Waals surface area (Å²) in [7, 11) is 0. The van der Waals surface area contributed by atoms with Crippen LogP contribution in [0.5, 0.6) is 0 Å². The number of halogens is 1. The van der Waals surface area contributed by atoms with Gasteiger partial charge in [0, 0.05) is 22.7 Å². The van der Waals surface area contributed by atoms with E-state index in [0.29, 0.717) is 5.82 Å². The summed E-state index contributed by atoms with van der Waals surface area (Å²) in [6, 6.07) is 12.1. The first-order chi connectivity index (χ1) is 11.0. The molecule has 0 spiro atoms. The minimum absolute atomic E-state index is 0.195. The van der Waals surface area contributed by atoms with E-state index in [9.17, 15) is 0 Å². The monoisotopic (exact) mass is 371 g/mol. The minimum atomic E-state index is -0.195. The molecular formula is C17H18BrN5. The summed E-state index contributed by atoms with van der Waals surface area (Å²) in [5, 5.41) is 13.7. The van der Waals surface area contributed by atoms with Crippen LogP contribution in [-0.4, -0.2) is 25.2 Å². The summed E-state index contributed by atoms with van der Waals surface area (Å²) in [6.07, 6.45) is 1.88. The Morgan fingerprint density at radius 3 is 2.35 bits per heavy atom. The summed E-state index contributed by atoms with van der Waals surface area (Å²) in [5.41, 5.74) is 3.85. The molecule has 6 heteroatoms. The molecule has 2 aromatic heterocycles. The van der Waals surface area contributed by atoms with Crippen molar-refractivity contribution in [2.24, 2.45) is 0 Å². The maximum Gasteiger partial charge on any atom is 0.205 e. The molecule has 0 N–H and O–H groups in total. The fourth-order valence-corrected chi connectivity index (χ4v) is 2.53. The minimum Gasteiger partial charge on any atom is -0.260 e. The molecule has 0 amide bonds. The lowest BCUT2D eigenvalue weighted by molar-refractivity contribution is 0.306. The highest BCUT2D eigenvalue weighted by Gasteiger charge is 2.19. The second-order valence-electron chi connectivity index (χ2n) is 6.29. The highest BCUT2D eigenvalue weighted by atomic mass is 79.9. The highest BCUT2D eigenvalue weighted by Crippen LogP contribution is 2.29. The van der Waals surface area contributed by atoms with Crippen molar-refractivity contribution in [1.29, 1.82) is 0 Å². The Morgan fingerprint density at radius 2 is 1.78 bits per heavy atom. The molecule has 23 heavy (non-hydrogen) atoms. The molecule has 0 radical (unpaired) electrons. The number of benzene rings is 1. The zero-order chi connectivity index (χ0) is 16.4. The Balaban J connectivity index is 2.05. The molecule has 3 aromatic rings. The maximum atomic E-state index is 4.54. The molecule has 118 valence electrons. The van der Waals surface area contributed by atoms with E-state index in [1.807, 2.05) is 51.2 Å². The van der Waals surface area contributed by atoms with Crippen molar-refractivity contribution < 1.29 is 0 Å². The van der Waals surface area contributed by atoms with E-state index in [0.717, 1.165) is 27.7 Å². The molecule has 0 aliphatic heterocycles. The van der Waals surface area contributed by atoms with Crippen molar-refractivity contribution in [3.8, 4) is 22.5 Å². The van der Waals surface area contributed by atoms with E-state index < -0.39 is 0 Å². The van der Waals surface area contributed by atoms with Crippen molar-refractivity contribution in [3.63, 3.8) is 0 Å². The summed E-state index contributed by atoms with van der Waals surface area (Å²) in [5.74, 6) is 0.625. The Bertz CT molecular complexity index is 802. The Labute approximate surface area is 143 Å². The van der Waals surface area contributed by atoms with Gasteiger partial charge < -0.3 is 0 Å². The largest absolute Gasteiger partial charge is 0.260 e. The lowest BCUT2D eigenvalue weighted by Gasteiger charge is -2.15. The van der Waals surface area contributed by atoms with E-state index in [1.54, 1.807) is 4.80 Å². The van der Waals surface area contributed by atoms with Crippen molar-refractivity contribution in [3.05, 3.63) is 48.3 Å². The van der Waals surface area contributed by atoms with Gasteiger partial charge >= 0.3 is 0 Å². The highest BCUT2D eigenvalue weighted by molar-refractivity contribution is 9.08. The van der Waals surface area contributed by atoms with Crippen LogP contribution in [0.4, 0.5) is 0 Å². The number of hydrogen-bond donors (Lipinski definition) is 0. The van der Waals surface area contributed by atoms with Crippen molar-refractivity contribution >= 4 is 15.9 Å². The van der Waals surface area contributed by atoms with Crippen LogP contribution in [0.2, 0.25) is 0 Å². The number of nitrogens with zero attached hydrogens (tertiary/aromatic N) is 5. The summed E-state index contributed by atoms with van der Waals surface area (Å²) in [4.78, 5) is 6.09. The quantitative estimate of drug-likeness (QED) is 0.651. The summed E-state index contributed by atoms with van der Waals surface area (Å²) < 4.78 is 0. The van der Waals surface area contributed by atoms with Crippen LogP contribution < -0.4 is 0 Å². The van der Waals surface area contributed by atoms with Gasteiger partial charge in [-0.3, -0.25) is 4.98 Å². The van der Waals surface area contributed by atoms with Gasteiger partial charge in [-0.2, -0.15) is 4.80 Å². The third-order valence-electron chi connectivity index (χ3n) is 3.45. The average molecular weight is 372 g/mol. The van der Waals surface area contributed by atoms with Gasteiger partial charge in [0.1, 0.15) is 0 Å². The molecule has 3 rings (SSSR count). The number of rotatable bonds is 3. The average Bonchev–Trinajstić information content (AvgIpc) is 3.05. The van der Waals surface area contributed by atoms with Crippen LogP contribution in [-0.2, 0) is 10.9 Å². The van der Waals surface area contributed by atoms with Crippen molar-refractivity contribution in [1.82, 2.24) is 25.2 Å². The van der Waals surface area contributed by atoms with Gasteiger partial charge in [0.2, 0.25) is 5.82 Å². The van der Waals surface area contributed by atoms with Gasteiger partial charge in [0.25, 0.3) is 0 Å². The molecular weight excluding hydrogens is 354 g/mol. The van der Waals surface area contributed by atoms with Gasteiger partial charge in [0.15, 0.2) is 0 Å². The fourth-order valence-electron chi connectivity index (χ4n) is 2.20. The molecule has 0 saturated heterocycles. The maximum absolute atomic E-state index is 4.54. The van der Waals surface area contributed by atoms with Crippen molar-refractivity contribution in [2.75, 3.05) is 0 Å². The topological polar surface area (TPSA) is 56.5 Å². The normalized spacial score (nSPS) is 11.7. The standard InChI is InChI=1S/C17H18BrN5/c1-17(2,3)23-21-16(20-22-23)15-7-5-4-6-14(15)12-8-9-13(10-18)19-11-12/h4-9,11H,10H2,1-3H3. The lowest BCUT2D eigenvalue weighted by atomic mass is 10.0. The number of aromatic nitrogens is 5. The van der Waals surface area contributed by atoms with Gasteiger partial charge in [-0.05, 0) is 37.6 Å². The second kappa shape index (κ2) is 6.20. The Kier molecular flexibility index (Phi) is 4.26. The smallest absolute Gasteiger partial charge is 0.205 e. The van der Waals surface area contributed by atoms with E-state index in [4.69, 9.17) is 0 Å². The fraction of sp³-hybridized carbons (Fsp3) is 0.294. The summed E-state index contributed by atoms with van der Waals surface area (Å²) in [6.45, 7) is 6.15. The predicted octanol–water partition coefficient (Wildman–Crippen LogP) is 4.05. The van der Waals surface area contributed by atoms with E-state index in [-0.39, 0.29) is 5.54 Å². The van der Waals surface area contributed by atoms with Crippen LogP contribution in [0, 0.1) is 0 Å². The number of alkyl halides is 1. The van der Waals surface area contributed by atoms with Crippen LogP contribution in [0.3, 0.4) is 0 Å². The van der Waals surface area contributed by atoms with E-state index >= 15 is 0 Å². The van der Waals surface area contributed by atoms with Gasteiger partial charge in [-0.1, -0.05) is 46.3 Å². The van der Waals surface area contributed by atoms with Crippen molar-refractivity contribution in [2.45, 2.75) is 31.6 Å². The molecule has 0 saturated carbocycles. The number of hydrogen-bond acceptors (Lipinski definition) is 4. The zero-order valence-corrected chi connectivity index (χ0v) is 14.9. The molecule has 0 bridgehead atoms. The van der Waals surface area contributed by atoms with Crippen LogP contribution in [0.25, 0.3) is 22.5 Å². The molecule has 5 nitrogen and oxygen atoms in total. The Hall–Kier alpha value is -2.08. The third-order valence-corrected chi connectivity index (χ3v) is 4.03. The first-order valence-corrected chi connectivity index (χ1v) is 8.52. The van der Waals surface area contributed by atoms with Crippen LogP contribution in [0.1, 0.15) is 26.5 Å². The van der Waals surface area contributed by atoms with Gasteiger partial charge in [0.05, 0.1) is 11.2 Å². The molecule has 2 heterocycles. The molecule has 0 atom stereocenters. The molecule has 0 unspecified atom stereocenters. The molecule has 0 fully saturated rings. The Morgan fingerprint density at radius 1 is 1.04 bits per heavy atom. The van der Waals surface area contributed by atoms with E-state index in [1.165, 1.54) is 0 Å².